The number of aliphatic carboxylic acids is 1. The third kappa shape index (κ3) is 4.85. The summed E-state index contributed by atoms with van der Waals surface area (Å²) in [7, 11) is 0. The molecule has 2 N–H and O–H groups in total. The van der Waals surface area contributed by atoms with Gasteiger partial charge < -0.3 is 9.84 Å². The van der Waals surface area contributed by atoms with Crippen molar-refractivity contribution in [2.24, 2.45) is 0 Å². The van der Waals surface area contributed by atoms with Gasteiger partial charge in [-0.25, -0.2) is 0 Å². The monoisotopic (exact) mass is 279 g/mol. The normalized spacial score (nSPS) is 13.8. The fraction of sp³-hybridized carbons (Fsp3) is 0.562. The summed E-state index contributed by atoms with van der Waals surface area (Å²) in [5.41, 5.74) is 0.224. The second kappa shape index (κ2) is 7.90. The molecule has 4 heteroatoms. The van der Waals surface area contributed by atoms with Crippen molar-refractivity contribution in [2.45, 2.75) is 45.6 Å². The maximum atomic E-state index is 11.3. The molecule has 0 fully saturated rings. The van der Waals surface area contributed by atoms with E-state index in [0.717, 1.165) is 6.42 Å². The summed E-state index contributed by atoms with van der Waals surface area (Å²) < 4.78 is 5.60. The summed E-state index contributed by atoms with van der Waals surface area (Å²) >= 11 is 0. The largest absolute Gasteiger partial charge is 0.491 e. The minimum atomic E-state index is -1.06. The van der Waals surface area contributed by atoms with Crippen molar-refractivity contribution >= 4 is 5.97 Å². The number of hydrogen-bond donors (Lipinski definition) is 2. The first-order valence-electron chi connectivity index (χ1n) is 7.22. The van der Waals surface area contributed by atoms with E-state index >= 15 is 0 Å². The van der Waals surface area contributed by atoms with Crippen LogP contribution in [-0.2, 0) is 11.2 Å². The number of benzene rings is 1. The van der Waals surface area contributed by atoms with Crippen LogP contribution in [0.1, 0.15) is 39.2 Å². The zero-order chi connectivity index (χ0) is 15.0. The fourth-order valence-corrected chi connectivity index (χ4v) is 1.94. The molecule has 1 unspecified atom stereocenters. The summed E-state index contributed by atoms with van der Waals surface area (Å²) in [5, 5.41) is 12.2. The minimum absolute atomic E-state index is 0.102. The molecule has 1 aromatic rings. The molecule has 1 rings (SSSR count). The van der Waals surface area contributed by atoms with Crippen LogP contribution in [0.3, 0.4) is 0 Å². The van der Waals surface area contributed by atoms with Crippen molar-refractivity contribution in [3.8, 4) is 5.75 Å². The Hall–Kier alpha value is -1.55. The maximum absolute atomic E-state index is 11.3. The Balaban J connectivity index is 2.58. The lowest BCUT2D eigenvalue weighted by molar-refractivity contribution is -0.145. The number of carbonyl (C=O) groups is 1. The molecule has 0 spiro atoms. The van der Waals surface area contributed by atoms with E-state index in [0.29, 0.717) is 12.3 Å². The van der Waals surface area contributed by atoms with E-state index in [4.69, 9.17) is 4.74 Å². The van der Waals surface area contributed by atoms with Gasteiger partial charge in [0.1, 0.15) is 17.9 Å². The minimum Gasteiger partial charge on any atom is -0.491 e. The average molecular weight is 279 g/mol. The first-order valence-corrected chi connectivity index (χ1v) is 7.22. The van der Waals surface area contributed by atoms with Crippen LogP contribution in [0.15, 0.2) is 24.3 Å². The molecule has 1 aromatic carbocycles. The molecule has 0 bridgehead atoms. The molecule has 0 saturated carbocycles. The highest BCUT2D eigenvalue weighted by molar-refractivity contribution is 5.78. The van der Waals surface area contributed by atoms with Gasteiger partial charge in [-0.3, -0.25) is 10.1 Å². The number of hydrogen-bond acceptors (Lipinski definition) is 3. The predicted octanol–water partition coefficient (Wildman–Crippen LogP) is 2.86. The molecule has 0 aliphatic carbocycles. The Bertz CT molecular complexity index is 416. The number of rotatable bonds is 9. The van der Waals surface area contributed by atoms with Crippen LogP contribution in [0, 0.1) is 0 Å². The lowest BCUT2D eigenvalue weighted by Gasteiger charge is -2.25. The molecule has 0 aliphatic heterocycles. The third-order valence-electron chi connectivity index (χ3n) is 3.31. The lowest BCUT2D eigenvalue weighted by atomic mass is 10.0. The van der Waals surface area contributed by atoms with E-state index < -0.39 is 11.5 Å². The van der Waals surface area contributed by atoms with E-state index in [1.54, 1.807) is 6.92 Å². The van der Waals surface area contributed by atoms with E-state index in [1.807, 2.05) is 31.2 Å². The Morgan fingerprint density at radius 3 is 2.45 bits per heavy atom. The Morgan fingerprint density at radius 2 is 1.95 bits per heavy atom. The van der Waals surface area contributed by atoms with Crippen molar-refractivity contribution in [1.82, 2.24) is 5.32 Å². The Morgan fingerprint density at radius 1 is 1.30 bits per heavy atom. The lowest BCUT2D eigenvalue weighted by Crippen LogP contribution is -2.53. The average Bonchev–Trinajstić information content (AvgIpc) is 2.44. The predicted molar refractivity (Wildman–Crippen MR) is 80.3 cm³/mol. The van der Waals surface area contributed by atoms with Gasteiger partial charge in [-0.1, -0.05) is 32.4 Å². The van der Waals surface area contributed by atoms with Gasteiger partial charge in [0.15, 0.2) is 0 Å². The molecule has 0 heterocycles. The smallest absolute Gasteiger partial charge is 0.327 e. The Labute approximate surface area is 121 Å². The van der Waals surface area contributed by atoms with Gasteiger partial charge >= 0.3 is 5.97 Å². The summed E-state index contributed by atoms with van der Waals surface area (Å²) in [6.45, 7) is 6.37. The van der Waals surface area contributed by atoms with Crippen LogP contribution >= 0.6 is 0 Å². The molecule has 0 aromatic heterocycles. The van der Waals surface area contributed by atoms with Crippen LogP contribution in [-0.4, -0.2) is 29.8 Å². The quantitative estimate of drug-likeness (QED) is 0.730. The molecule has 0 amide bonds. The zero-order valence-electron chi connectivity index (χ0n) is 12.6. The van der Waals surface area contributed by atoms with Crippen molar-refractivity contribution in [2.75, 3.05) is 13.2 Å². The van der Waals surface area contributed by atoms with Gasteiger partial charge in [-0.15, -0.1) is 0 Å². The summed E-state index contributed by atoms with van der Waals surface area (Å²) in [4.78, 5) is 11.3. The first-order chi connectivity index (χ1) is 9.51. The van der Waals surface area contributed by atoms with Crippen LogP contribution in [0.25, 0.3) is 0 Å². The van der Waals surface area contributed by atoms with Crippen molar-refractivity contribution < 1.29 is 14.6 Å². The molecule has 0 radical (unpaired) electrons. The summed E-state index contributed by atoms with van der Waals surface area (Å²) in [6.07, 6.45) is 3.43. The van der Waals surface area contributed by atoms with Crippen LogP contribution in [0.2, 0.25) is 0 Å². The summed E-state index contributed by atoms with van der Waals surface area (Å²) in [6, 6.07) is 7.88. The molecule has 0 aliphatic rings. The SMILES string of the molecule is CCCCc1ccc(OCC(C)(NCC)C(=O)O)cc1. The van der Waals surface area contributed by atoms with Gasteiger partial charge in [0.05, 0.1) is 0 Å². The molecule has 112 valence electrons. The van der Waals surface area contributed by atoms with Gasteiger partial charge in [0, 0.05) is 0 Å². The van der Waals surface area contributed by atoms with Gasteiger partial charge in [-0.2, -0.15) is 0 Å². The van der Waals surface area contributed by atoms with E-state index in [9.17, 15) is 9.90 Å². The number of ether oxygens (including phenoxy) is 1. The molecule has 4 nitrogen and oxygen atoms in total. The molecule has 0 saturated heterocycles. The summed E-state index contributed by atoms with van der Waals surface area (Å²) in [5.74, 6) is -0.199. The number of aryl methyl sites for hydroxylation is 1. The standard InChI is InChI=1S/C16H25NO3/c1-4-6-7-13-8-10-14(11-9-13)20-12-16(3,15(18)19)17-5-2/h8-11,17H,4-7,12H2,1-3H3,(H,18,19). The maximum Gasteiger partial charge on any atom is 0.327 e. The van der Waals surface area contributed by atoms with Gasteiger partial charge in [0.2, 0.25) is 0 Å². The van der Waals surface area contributed by atoms with Crippen LogP contribution in [0.4, 0.5) is 0 Å². The highest BCUT2D eigenvalue weighted by Gasteiger charge is 2.33. The number of likely N-dealkylation sites (N-methyl/N-ethyl adjacent to an activating group) is 1. The highest BCUT2D eigenvalue weighted by atomic mass is 16.5. The Kier molecular flexibility index (Phi) is 6.52. The number of nitrogens with one attached hydrogen (secondary N) is 1. The van der Waals surface area contributed by atoms with E-state index in [-0.39, 0.29) is 6.61 Å². The van der Waals surface area contributed by atoms with Crippen LogP contribution < -0.4 is 10.1 Å². The molecular weight excluding hydrogens is 254 g/mol. The second-order valence-corrected chi connectivity index (χ2v) is 5.20. The topological polar surface area (TPSA) is 58.6 Å². The van der Waals surface area contributed by atoms with Gasteiger partial charge in [-0.05, 0) is 44.0 Å². The number of carboxylic acids is 1. The highest BCUT2D eigenvalue weighted by Crippen LogP contribution is 2.16. The zero-order valence-corrected chi connectivity index (χ0v) is 12.6. The van der Waals surface area contributed by atoms with Crippen molar-refractivity contribution in [3.63, 3.8) is 0 Å². The van der Waals surface area contributed by atoms with Crippen molar-refractivity contribution in [1.29, 1.82) is 0 Å². The second-order valence-electron chi connectivity index (χ2n) is 5.20. The van der Waals surface area contributed by atoms with E-state index in [1.165, 1.54) is 18.4 Å². The molecule has 20 heavy (non-hydrogen) atoms. The number of unbranched alkanes of at least 4 members (excludes halogenated alkanes) is 1. The van der Waals surface area contributed by atoms with Gasteiger partial charge in [0.25, 0.3) is 0 Å². The van der Waals surface area contributed by atoms with Crippen LogP contribution in [0.5, 0.6) is 5.75 Å². The van der Waals surface area contributed by atoms with E-state index in [2.05, 4.69) is 12.2 Å². The number of carboxylic acid groups (broad SMARTS) is 1. The van der Waals surface area contributed by atoms with Crippen molar-refractivity contribution in [3.05, 3.63) is 29.8 Å². The fourth-order valence-electron chi connectivity index (χ4n) is 1.94. The third-order valence-corrected chi connectivity index (χ3v) is 3.31. The molecule has 1 atom stereocenters. The molecular formula is C16H25NO3. The first kappa shape index (κ1) is 16.5.